The Morgan fingerprint density at radius 1 is 0.844 bits per heavy atom. The summed E-state index contributed by atoms with van der Waals surface area (Å²) in [6.07, 6.45) is 7.70. The fraction of sp³-hybridized carbons (Fsp3) is 0.462. The van der Waals surface area contributed by atoms with Gasteiger partial charge in [-0.05, 0) is 81.1 Å². The second-order valence-corrected chi connectivity index (χ2v) is 8.21. The first-order valence-electron chi connectivity index (χ1n) is 11.5. The van der Waals surface area contributed by atoms with Gasteiger partial charge in [0.2, 0.25) is 0 Å². The number of carbonyl (C=O) groups is 1. The normalized spacial score (nSPS) is 11.5. The Morgan fingerprint density at radius 2 is 1.34 bits per heavy atom. The van der Waals surface area contributed by atoms with E-state index in [0.29, 0.717) is 22.3 Å². The van der Waals surface area contributed by atoms with Crippen LogP contribution in [0.4, 0.5) is 0 Å². The van der Waals surface area contributed by atoms with Crippen LogP contribution in [0.5, 0.6) is 17.2 Å². The highest BCUT2D eigenvalue weighted by molar-refractivity contribution is 6.30. The molecule has 0 saturated heterocycles. The molecular formula is C26H34ClNO4. The maximum absolute atomic E-state index is 12.4. The van der Waals surface area contributed by atoms with Gasteiger partial charge in [0.05, 0.1) is 5.71 Å². The average molecular weight is 460 g/mol. The van der Waals surface area contributed by atoms with Crippen LogP contribution in [0.1, 0.15) is 72.1 Å². The summed E-state index contributed by atoms with van der Waals surface area (Å²) in [5, 5.41) is 4.81. The summed E-state index contributed by atoms with van der Waals surface area (Å²) in [6, 6.07) is 14.2. The zero-order valence-corrected chi connectivity index (χ0v) is 20.1. The van der Waals surface area contributed by atoms with Gasteiger partial charge in [-0.3, -0.25) is 0 Å². The molecule has 2 aromatic rings. The Hall–Kier alpha value is -2.53. The Labute approximate surface area is 196 Å². The number of nitrogens with zero attached hydrogens (tertiary/aromatic N) is 1. The molecule has 0 radical (unpaired) electrons. The molecule has 2 rings (SSSR count). The van der Waals surface area contributed by atoms with Crippen LogP contribution >= 0.6 is 11.6 Å². The van der Waals surface area contributed by atoms with E-state index in [-0.39, 0.29) is 0 Å². The smallest absolute Gasteiger partial charge is 0.374 e. The van der Waals surface area contributed by atoms with Crippen LogP contribution in [0.2, 0.25) is 5.02 Å². The van der Waals surface area contributed by atoms with Crippen molar-refractivity contribution in [3.63, 3.8) is 0 Å². The first-order chi connectivity index (χ1) is 15.5. The highest BCUT2D eigenvalue weighted by atomic mass is 35.5. The number of rotatable bonds is 14. The van der Waals surface area contributed by atoms with Crippen LogP contribution in [0.15, 0.2) is 53.7 Å². The molecule has 0 fully saturated rings. The largest absolute Gasteiger partial charge is 0.479 e. The van der Waals surface area contributed by atoms with E-state index in [1.54, 1.807) is 55.5 Å². The van der Waals surface area contributed by atoms with Gasteiger partial charge in [-0.25, -0.2) is 4.79 Å². The molecule has 0 spiro atoms. The second kappa shape index (κ2) is 14.5. The molecule has 1 atom stereocenters. The molecule has 5 nitrogen and oxygen atoms in total. The van der Waals surface area contributed by atoms with Gasteiger partial charge in [0, 0.05) is 5.02 Å². The molecule has 0 N–H and O–H groups in total. The Bertz CT molecular complexity index is 822. The molecule has 0 saturated carbocycles. The van der Waals surface area contributed by atoms with E-state index in [4.69, 9.17) is 25.9 Å². The van der Waals surface area contributed by atoms with Crippen molar-refractivity contribution in [2.24, 2.45) is 5.16 Å². The molecule has 0 aliphatic rings. The summed E-state index contributed by atoms with van der Waals surface area (Å²) in [4.78, 5) is 17.6. The maximum Gasteiger partial charge on any atom is 0.374 e. The minimum atomic E-state index is -0.769. The molecule has 0 heterocycles. The van der Waals surface area contributed by atoms with Gasteiger partial charge in [-0.2, -0.15) is 0 Å². The lowest BCUT2D eigenvalue weighted by atomic mass is 10.1. The molecule has 0 bridgehead atoms. The van der Waals surface area contributed by atoms with Crippen molar-refractivity contribution in [3.05, 3.63) is 53.6 Å². The number of hydrogen-bond donors (Lipinski definition) is 0. The number of halogens is 1. The fourth-order valence-electron chi connectivity index (χ4n) is 3.04. The number of oxime groups is 1. The van der Waals surface area contributed by atoms with Gasteiger partial charge in [0.15, 0.2) is 6.10 Å². The third-order valence-electron chi connectivity index (χ3n) is 4.92. The zero-order chi connectivity index (χ0) is 23.2. The minimum absolute atomic E-state index is 0.505. The molecule has 2 aromatic carbocycles. The zero-order valence-electron chi connectivity index (χ0n) is 19.3. The third kappa shape index (κ3) is 9.73. The minimum Gasteiger partial charge on any atom is -0.479 e. The Morgan fingerprint density at radius 3 is 1.88 bits per heavy atom. The molecule has 0 amide bonds. The molecule has 174 valence electrons. The monoisotopic (exact) mass is 459 g/mol. The van der Waals surface area contributed by atoms with Crippen molar-refractivity contribution in [2.75, 3.05) is 0 Å². The lowest BCUT2D eigenvalue weighted by Crippen LogP contribution is -2.25. The van der Waals surface area contributed by atoms with E-state index in [2.05, 4.69) is 19.0 Å². The first-order valence-corrected chi connectivity index (χ1v) is 11.9. The second-order valence-electron chi connectivity index (χ2n) is 7.77. The van der Waals surface area contributed by atoms with Crippen molar-refractivity contribution in [3.8, 4) is 17.2 Å². The highest BCUT2D eigenvalue weighted by Gasteiger charge is 2.17. The molecule has 6 heteroatoms. The van der Waals surface area contributed by atoms with E-state index in [9.17, 15) is 4.79 Å². The summed E-state index contributed by atoms with van der Waals surface area (Å²) in [7, 11) is 0. The van der Waals surface area contributed by atoms with Crippen LogP contribution < -0.4 is 9.47 Å². The predicted octanol–water partition coefficient (Wildman–Crippen LogP) is 7.96. The summed E-state index contributed by atoms with van der Waals surface area (Å²) in [6.45, 7) is 6.00. The summed E-state index contributed by atoms with van der Waals surface area (Å²) in [5.41, 5.74) is 0.955. The Balaban J connectivity index is 1.86. The lowest BCUT2D eigenvalue weighted by Gasteiger charge is -2.13. The van der Waals surface area contributed by atoms with Crippen LogP contribution in [-0.4, -0.2) is 17.8 Å². The Kier molecular flexibility index (Phi) is 11.7. The van der Waals surface area contributed by atoms with Gasteiger partial charge < -0.3 is 14.3 Å². The number of carbonyl (C=O) groups excluding carboxylic acids is 1. The standard InChI is InChI=1S/C26H34ClNO4/c1-4-6-8-10-22(11-9-7-5-2)28-32-26(29)20(3)30-23-16-18-25(19-17-23)31-24-14-12-21(27)13-15-24/h12-20H,4-11H2,1-3H3. The van der Waals surface area contributed by atoms with Crippen LogP contribution in [0.25, 0.3) is 0 Å². The van der Waals surface area contributed by atoms with Gasteiger partial charge in [-0.1, -0.05) is 56.3 Å². The SMILES string of the molecule is CCCCCC(CCCCC)=NOC(=O)C(C)Oc1ccc(Oc2ccc(Cl)cc2)cc1. The number of ether oxygens (including phenoxy) is 2. The number of unbranched alkanes of at least 4 members (excludes halogenated alkanes) is 4. The summed E-state index contributed by atoms with van der Waals surface area (Å²) < 4.78 is 11.5. The van der Waals surface area contributed by atoms with Gasteiger partial charge in [0.1, 0.15) is 17.2 Å². The highest BCUT2D eigenvalue weighted by Crippen LogP contribution is 2.25. The van der Waals surface area contributed by atoms with Crippen molar-refractivity contribution >= 4 is 23.3 Å². The van der Waals surface area contributed by atoms with E-state index < -0.39 is 12.1 Å². The first kappa shape index (κ1) is 25.7. The van der Waals surface area contributed by atoms with E-state index in [1.165, 1.54) is 0 Å². The van der Waals surface area contributed by atoms with Crippen LogP contribution in [0.3, 0.4) is 0 Å². The topological polar surface area (TPSA) is 57.1 Å². The van der Waals surface area contributed by atoms with Gasteiger partial charge in [0.25, 0.3) is 0 Å². The molecular weight excluding hydrogens is 426 g/mol. The van der Waals surface area contributed by atoms with Crippen LogP contribution in [0, 0.1) is 0 Å². The molecule has 0 aliphatic heterocycles. The molecule has 32 heavy (non-hydrogen) atoms. The van der Waals surface area contributed by atoms with E-state index >= 15 is 0 Å². The lowest BCUT2D eigenvalue weighted by molar-refractivity contribution is -0.151. The van der Waals surface area contributed by atoms with Crippen molar-refractivity contribution in [1.29, 1.82) is 0 Å². The predicted molar refractivity (Wildman–Crippen MR) is 130 cm³/mol. The number of hydrogen-bond acceptors (Lipinski definition) is 5. The van der Waals surface area contributed by atoms with Gasteiger partial charge >= 0.3 is 5.97 Å². The van der Waals surface area contributed by atoms with Crippen LogP contribution in [-0.2, 0) is 9.63 Å². The quantitative estimate of drug-likeness (QED) is 0.124. The van der Waals surface area contributed by atoms with Gasteiger partial charge in [-0.15, -0.1) is 0 Å². The summed E-state index contributed by atoms with van der Waals surface area (Å²) in [5.74, 6) is 1.39. The molecule has 0 aromatic heterocycles. The van der Waals surface area contributed by atoms with Crippen molar-refractivity contribution in [2.45, 2.75) is 78.2 Å². The molecule has 0 aliphatic carbocycles. The van der Waals surface area contributed by atoms with Crippen molar-refractivity contribution in [1.82, 2.24) is 0 Å². The van der Waals surface area contributed by atoms with E-state index in [1.807, 2.05) is 0 Å². The third-order valence-corrected chi connectivity index (χ3v) is 5.17. The number of benzene rings is 2. The fourth-order valence-corrected chi connectivity index (χ4v) is 3.16. The maximum atomic E-state index is 12.4. The average Bonchev–Trinajstić information content (AvgIpc) is 2.80. The molecule has 1 unspecified atom stereocenters. The van der Waals surface area contributed by atoms with E-state index in [0.717, 1.165) is 57.1 Å². The van der Waals surface area contributed by atoms with Crippen molar-refractivity contribution < 1.29 is 19.1 Å². The summed E-state index contributed by atoms with van der Waals surface area (Å²) >= 11 is 5.89.